The van der Waals surface area contributed by atoms with Gasteiger partial charge >= 0.3 is 0 Å². The summed E-state index contributed by atoms with van der Waals surface area (Å²) in [4.78, 5) is 11.6. The second-order valence-electron chi connectivity index (χ2n) is 4.16. The number of carbonyl (C=O) groups is 1. The van der Waals surface area contributed by atoms with Crippen LogP contribution in [0.1, 0.15) is 32.8 Å². The highest BCUT2D eigenvalue weighted by atomic mass is 16.1. The average molecular weight is 217 g/mol. The Morgan fingerprint density at radius 2 is 1.75 bits per heavy atom. The van der Waals surface area contributed by atoms with Crippen molar-refractivity contribution >= 4 is 5.91 Å². The van der Waals surface area contributed by atoms with E-state index < -0.39 is 0 Å². The van der Waals surface area contributed by atoms with Gasteiger partial charge in [0.25, 0.3) is 0 Å². The van der Waals surface area contributed by atoms with Gasteiger partial charge in [-0.2, -0.15) is 0 Å². The molecule has 1 aromatic carbocycles. The van der Waals surface area contributed by atoms with Crippen molar-refractivity contribution in [3.63, 3.8) is 0 Å². The summed E-state index contributed by atoms with van der Waals surface area (Å²) in [5.74, 6) is 0.0857. The van der Waals surface area contributed by atoms with Crippen molar-refractivity contribution in [3.8, 4) is 0 Å². The molecule has 0 radical (unpaired) electrons. The molecule has 1 rings (SSSR count). The lowest BCUT2D eigenvalue weighted by Crippen LogP contribution is -2.22. The first kappa shape index (κ1) is 12.5. The Labute approximate surface area is 97.4 Å². The number of benzene rings is 1. The minimum atomic E-state index is 0.0857. The van der Waals surface area contributed by atoms with E-state index in [9.17, 15) is 4.79 Å². The minimum absolute atomic E-state index is 0.0857. The number of hydrogen-bond donors (Lipinski definition) is 1. The summed E-state index contributed by atoms with van der Waals surface area (Å²) in [6.45, 7) is 5.91. The van der Waals surface area contributed by atoms with Gasteiger partial charge in [0.1, 0.15) is 0 Å². The highest BCUT2D eigenvalue weighted by Gasteiger charge is 2.02. The van der Waals surface area contributed by atoms with Crippen molar-refractivity contribution in [1.82, 2.24) is 5.32 Å². The molecule has 16 heavy (non-hydrogen) atoms. The van der Waals surface area contributed by atoms with E-state index in [2.05, 4.69) is 5.32 Å². The second kappa shape index (κ2) is 6.11. The third-order valence-electron chi connectivity index (χ3n) is 2.56. The van der Waals surface area contributed by atoms with Crippen molar-refractivity contribution in [3.05, 3.63) is 47.2 Å². The van der Waals surface area contributed by atoms with Gasteiger partial charge < -0.3 is 5.32 Å². The van der Waals surface area contributed by atoms with Crippen LogP contribution in [-0.4, -0.2) is 5.91 Å². The molecule has 0 fully saturated rings. The Hall–Kier alpha value is -1.57. The average Bonchev–Trinajstić information content (AvgIpc) is 2.27. The highest BCUT2D eigenvalue weighted by Crippen LogP contribution is 2.03. The molecule has 0 aliphatic carbocycles. The zero-order chi connectivity index (χ0) is 12.0. The summed E-state index contributed by atoms with van der Waals surface area (Å²) < 4.78 is 0. The van der Waals surface area contributed by atoms with E-state index in [0.717, 1.165) is 17.7 Å². The highest BCUT2D eigenvalue weighted by molar-refractivity contribution is 5.78. The molecule has 0 aromatic heterocycles. The molecule has 1 aromatic rings. The van der Waals surface area contributed by atoms with Crippen LogP contribution in [0.4, 0.5) is 0 Å². The normalized spacial score (nSPS) is 9.69. The lowest BCUT2D eigenvalue weighted by Gasteiger charge is -2.07. The van der Waals surface area contributed by atoms with Crippen LogP contribution in [0, 0.1) is 0 Å². The Kier molecular flexibility index (Phi) is 4.77. The maximum atomic E-state index is 11.6. The van der Waals surface area contributed by atoms with Crippen molar-refractivity contribution in [2.75, 3.05) is 0 Å². The van der Waals surface area contributed by atoms with E-state index in [4.69, 9.17) is 0 Å². The number of hydrogen-bond acceptors (Lipinski definition) is 1. The summed E-state index contributed by atoms with van der Waals surface area (Å²) in [5.41, 5.74) is 3.30. The Balaban J connectivity index is 2.40. The number of allylic oxidation sites excluding steroid dienone is 2. The van der Waals surface area contributed by atoms with Crippen molar-refractivity contribution in [2.45, 2.75) is 33.6 Å². The quantitative estimate of drug-likeness (QED) is 0.825. The van der Waals surface area contributed by atoms with Crippen LogP contribution < -0.4 is 5.32 Å². The standard InChI is InChI=1S/C14H19NO/c1-11(2)12(3)15-14(16)10-9-13-7-5-4-6-8-13/h4-8H,9-10H2,1-3H3,(H,15,16). The molecule has 0 saturated carbocycles. The molecule has 1 amide bonds. The molecular formula is C14H19NO. The third kappa shape index (κ3) is 4.30. The van der Waals surface area contributed by atoms with Gasteiger partial charge in [-0.05, 0) is 32.8 Å². The summed E-state index contributed by atoms with van der Waals surface area (Å²) in [6, 6.07) is 10.1. The van der Waals surface area contributed by atoms with Crippen molar-refractivity contribution < 1.29 is 4.79 Å². The van der Waals surface area contributed by atoms with Gasteiger partial charge in [0.05, 0.1) is 0 Å². The van der Waals surface area contributed by atoms with Gasteiger partial charge in [0, 0.05) is 12.1 Å². The van der Waals surface area contributed by atoms with Gasteiger partial charge in [-0.3, -0.25) is 4.79 Å². The van der Waals surface area contributed by atoms with Crippen LogP contribution in [0.15, 0.2) is 41.6 Å². The molecule has 86 valence electrons. The van der Waals surface area contributed by atoms with Gasteiger partial charge in [-0.15, -0.1) is 0 Å². The second-order valence-corrected chi connectivity index (χ2v) is 4.16. The molecular weight excluding hydrogens is 198 g/mol. The van der Waals surface area contributed by atoms with Gasteiger partial charge in [0.2, 0.25) is 5.91 Å². The van der Waals surface area contributed by atoms with Crippen LogP contribution in [0.25, 0.3) is 0 Å². The summed E-state index contributed by atoms with van der Waals surface area (Å²) >= 11 is 0. The molecule has 0 aliphatic heterocycles. The zero-order valence-electron chi connectivity index (χ0n) is 10.2. The first-order chi connectivity index (χ1) is 7.59. The van der Waals surface area contributed by atoms with E-state index in [1.54, 1.807) is 0 Å². The summed E-state index contributed by atoms with van der Waals surface area (Å²) in [7, 11) is 0. The number of carbonyl (C=O) groups excluding carboxylic acids is 1. The molecule has 0 unspecified atom stereocenters. The van der Waals surface area contributed by atoms with E-state index in [1.165, 1.54) is 5.56 Å². The topological polar surface area (TPSA) is 29.1 Å². The van der Waals surface area contributed by atoms with Crippen LogP contribution in [-0.2, 0) is 11.2 Å². The van der Waals surface area contributed by atoms with E-state index in [0.29, 0.717) is 6.42 Å². The largest absolute Gasteiger partial charge is 0.330 e. The molecule has 0 aliphatic rings. The smallest absolute Gasteiger partial charge is 0.224 e. The van der Waals surface area contributed by atoms with Crippen LogP contribution in [0.5, 0.6) is 0 Å². The van der Waals surface area contributed by atoms with Gasteiger partial charge in [-0.25, -0.2) is 0 Å². The minimum Gasteiger partial charge on any atom is -0.330 e. The van der Waals surface area contributed by atoms with Crippen LogP contribution in [0.2, 0.25) is 0 Å². The zero-order valence-corrected chi connectivity index (χ0v) is 10.2. The first-order valence-electron chi connectivity index (χ1n) is 5.57. The maximum Gasteiger partial charge on any atom is 0.224 e. The number of amides is 1. The third-order valence-corrected chi connectivity index (χ3v) is 2.56. The van der Waals surface area contributed by atoms with E-state index >= 15 is 0 Å². The number of rotatable bonds is 4. The maximum absolute atomic E-state index is 11.6. The Morgan fingerprint density at radius 3 is 2.31 bits per heavy atom. The monoisotopic (exact) mass is 217 g/mol. The van der Waals surface area contributed by atoms with Gasteiger partial charge in [-0.1, -0.05) is 35.9 Å². The molecule has 2 heteroatoms. The fourth-order valence-electron chi connectivity index (χ4n) is 1.30. The molecule has 0 atom stereocenters. The van der Waals surface area contributed by atoms with E-state index in [1.807, 2.05) is 51.1 Å². The van der Waals surface area contributed by atoms with Crippen molar-refractivity contribution in [2.24, 2.45) is 0 Å². The molecule has 0 bridgehead atoms. The summed E-state index contributed by atoms with van der Waals surface area (Å²) in [5, 5.41) is 2.89. The van der Waals surface area contributed by atoms with E-state index in [-0.39, 0.29) is 5.91 Å². The fraction of sp³-hybridized carbons (Fsp3) is 0.357. The van der Waals surface area contributed by atoms with Crippen LogP contribution >= 0.6 is 0 Å². The SMILES string of the molecule is CC(C)=C(C)NC(=O)CCc1ccccc1. The fourth-order valence-corrected chi connectivity index (χ4v) is 1.30. The molecule has 1 N–H and O–H groups in total. The summed E-state index contributed by atoms with van der Waals surface area (Å²) in [6.07, 6.45) is 1.33. The lowest BCUT2D eigenvalue weighted by atomic mass is 10.1. The van der Waals surface area contributed by atoms with Crippen molar-refractivity contribution in [1.29, 1.82) is 0 Å². The molecule has 0 heterocycles. The predicted molar refractivity (Wildman–Crippen MR) is 67.0 cm³/mol. The number of aryl methyl sites for hydroxylation is 1. The van der Waals surface area contributed by atoms with Crippen LogP contribution in [0.3, 0.4) is 0 Å². The molecule has 0 spiro atoms. The molecule has 0 saturated heterocycles. The predicted octanol–water partition coefficient (Wildman–Crippen LogP) is 3.05. The lowest BCUT2D eigenvalue weighted by molar-refractivity contribution is -0.120. The first-order valence-corrected chi connectivity index (χ1v) is 5.57. The Bertz CT molecular complexity index is 375. The van der Waals surface area contributed by atoms with Gasteiger partial charge in [0.15, 0.2) is 0 Å². The Morgan fingerprint density at radius 1 is 1.12 bits per heavy atom. The molecule has 2 nitrogen and oxygen atoms in total. The number of nitrogens with one attached hydrogen (secondary N) is 1.